The van der Waals surface area contributed by atoms with Gasteiger partial charge in [-0.2, -0.15) is 0 Å². The molecule has 0 saturated carbocycles. The van der Waals surface area contributed by atoms with E-state index in [1.54, 1.807) is 7.11 Å². The van der Waals surface area contributed by atoms with Crippen LogP contribution in [0, 0.1) is 0 Å². The zero-order valence-corrected chi connectivity index (χ0v) is 16.8. The van der Waals surface area contributed by atoms with Gasteiger partial charge in [0.15, 0.2) is 0 Å². The highest BCUT2D eigenvalue weighted by atomic mass is 16.5. The summed E-state index contributed by atoms with van der Waals surface area (Å²) in [5, 5.41) is 10.9. The molecule has 0 aromatic heterocycles. The van der Waals surface area contributed by atoms with Crippen LogP contribution in [0.1, 0.15) is 50.3 Å². The first-order chi connectivity index (χ1) is 12.8. The van der Waals surface area contributed by atoms with Gasteiger partial charge in [-0.05, 0) is 28.2 Å². The van der Waals surface area contributed by atoms with Gasteiger partial charge in [-0.25, -0.2) is 0 Å². The minimum atomic E-state index is -0.109. The molecule has 1 atom stereocenters. The lowest BCUT2D eigenvalue weighted by molar-refractivity contribution is 0.408. The van der Waals surface area contributed by atoms with Crippen molar-refractivity contribution >= 4 is 0 Å². The first-order valence-electron chi connectivity index (χ1n) is 9.38. The molecule has 3 aromatic carbocycles. The maximum atomic E-state index is 10.9. The number of rotatable bonds is 4. The molecule has 3 rings (SSSR count). The molecule has 1 unspecified atom stereocenters. The number of benzene rings is 3. The molecular weight excluding hydrogens is 332 g/mol. The summed E-state index contributed by atoms with van der Waals surface area (Å²) in [7, 11) is 1.71. The zero-order valence-electron chi connectivity index (χ0n) is 16.8. The fourth-order valence-electron chi connectivity index (χ4n) is 3.56. The summed E-state index contributed by atoms with van der Waals surface area (Å²) in [5.74, 6) is 1.45. The fourth-order valence-corrected chi connectivity index (χ4v) is 3.56. The summed E-state index contributed by atoms with van der Waals surface area (Å²) in [4.78, 5) is 0. The number of phenolic OH excluding ortho intramolecular Hbond substituents is 1. The van der Waals surface area contributed by atoms with Gasteiger partial charge in [0.2, 0.25) is 0 Å². The van der Waals surface area contributed by atoms with E-state index in [2.05, 4.69) is 58.0 Å². The summed E-state index contributed by atoms with van der Waals surface area (Å²) in [6.45, 7) is 8.53. The van der Waals surface area contributed by atoms with Crippen molar-refractivity contribution in [2.45, 2.75) is 39.0 Å². The molecule has 2 nitrogen and oxygen atoms in total. The van der Waals surface area contributed by atoms with E-state index in [0.29, 0.717) is 5.75 Å². The van der Waals surface area contributed by atoms with Crippen LogP contribution in [0.5, 0.6) is 11.5 Å². The van der Waals surface area contributed by atoms with E-state index in [4.69, 9.17) is 4.74 Å². The Morgan fingerprint density at radius 1 is 0.889 bits per heavy atom. The normalized spacial score (nSPS) is 12.6. The largest absolute Gasteiger partial charge is 0.507 e. The summed E-state index contributed by atoms with van der Waals surface area (Å²) in [5.41, 5.74) is 5.10. The molecule has 0 fully saturated rings. The molecule has 1 N–H and O–H groups in total. The van der Waals surface area contributed by atoms with Gasteiger partial charge in [0, 0.05) is 17.0 Å². The average molecular weight is 360 g/mol. The number of phenols is 1. The van der Waals surface area contributed by atoms with Gasteiger partial charge in [0.05, 0.1) is 7.11 Å². The topological polar surface area (TPSA) is 29.5 Å². The molecule has 0 radical (unpaired) electrons. The molecular formula is C25H28O2. The number of methoxy groups -OCH3 is 1. The Labute approximate surface area is 162 Å². The van der Waals surface area contributed by atoms with Crippen molar-refractivity contribution in [1.82, 2.24) is 0 Å². The van der Waals surface area contributed by atoms with Crippen LogP contribution in [0.3, 0.4) is 0 Å². The molecule has 0 bridgehead atoms. The summed E-state index contributed by atoms with van der Waals surface area (Å²) in [6.07, 6.45) is 0. The van der Waals surface area contributed by atoms with Gasteiger partial charge in [0.25, 0.3) is 0 Å². The number of hydrogen-bond donors (Lipinski definition) is 1. The Bertz CT molecular complexity index is 935. The second kappa shape index (κ2) is 7.48. The molecule has 0 amide bonds. The van der Waals surface area contributed by atoms with Crippen LogP contribution in [-0.2, 0) is 5.41 Å². The summed E-state index contributed by atoms with van der Waals surface area (Å²) < 4.78 is 5.54. The first-order valence-corrected chi connectivity index (χ1v) is 9.38. The van der Waals surface area contributed by atoms with Crippen molar-refractivity contribution in [1.29, 1.82) is 0 Å². The molecule has 0 aliphatic heterocycles. The number of aromatic hydroxyl groups is 1. The van der Waals surface area contributed by atoms with Crippen molar-refractivity contribution in [3.05, 3.63) is 83.4 Å². The van der Waals surface area contributed by atoms with E-state index in [-0.39, 0.29) is 11.3 Å². The molecule has 3 aromatic rings. The Balaban J connectivity index is 2.05. The zero-order chi connectivity index (χ0) is 19.6. The number of hydrogen-bond acceptors (Lipinski definition) is 2. The predicted octanol–water partition coefficient (Wildman–Crippen LogP) is 6.52. The third kappa shape index (κ3) is 3.85. The minimum Gasteiger partial charge on any atom is -0.507 e. The van der Waals surface area contributed by atoms with Crippen molar-refractivity contribution in [3.63, 3.8) is 0 Å². The van der Waals surface area contributed by atoms with Gasteiger partial charge in [-0.1, -0.05) is 88.4 Å². The maximum absolute atomic E-state index is 10.9. The predicted molar refractivity (Wildman–Crippen MR) is 113 cm³/mol. The third-order valence-electron chi connectivity index (χ3n) is 5.15. The van der Waals surface area contributed by atoms with E-state index >= 15 is 0 Å². The Morgan fingerprint density at radius 3 is 2.30 bits per heavy atom. The molecule has 0 saturated heterocycles. The molecule has 140 valence electrons. The van der Waals surface area contributed by atoms with Crippen LogP contribution in [0.15, 0.2) is 66.7 Å². The second-order valence-corrected chi connectivity index (χ2v) is 8.04. The van der Waals surface area contributed by atoms with E-state index in [0.717, 1.165) is 28.0 Å². The van der Waals surface area contributed by atoms with Crippen LogP contribution in [0.25, 0.3) is 11.1 Å². The third-order valence-corrected chi connectivity index (χ3v) is 5.15. The molecule has 27 heavy (non-hydrogen) atoms. The summed E-state index contributed by atoms with van der Waals surface area (Å²) >= 11 is 0. The van der Waals surface area contributed by atoms with E-state index in [1.165, 1.54) is 5.56 Å². The highest BCUT2D eigenvalue weighted by Gasteiger charge is 2.21. The quantitative estimate of drug-likeness (QED) is 0.574. The minimum absolute atomic E-state index is 0.109. The molecule has 0 aliphatic rings. The van der Waals surface area contributed by atoms with E-state index < -0.39 is 0 Å². The smallest absolute Gasteiger partial charge is 0.127 e. The monoisotopic (exact) mass is 360 g/mol. The Kier molecular flexibility index (Phi) is 5.27. The van der Waals surface area contributed by atoms with Crippen molar-refractivity contribution in [2.75, 3.05) is 7.11 Å². The van der Waals surface area contributed by atoms with Gasteiger partial charge >= 0.3 is 0 Å². The van der Waals surface area contributed by atoms with Crippen LogP contribution in [0.4, 0.5) is 0 Å². The molecule has 0 heterocycles. The van der Waals surface area contributed by atoms with Crippen LogP contribution >= 0.6 is 0 Å². The van der Waals surface area contributed by atoms with Crippen molar-refractivity contribution < 1.29 is 9.84 Å². The lowest BCUT2D eigenvalue weighted by Crippen LogP contribution is -2.11. The van der Waals surface area contributed by atoms with E-state index in [1.807, 2.05) is 36.4 Å². The van der Waals surface area contributed by atoms with Gasteiger partial charge in [-0.3, -0.25) is 0 Å². The van der Waals surface area contributed by atoms with E-state index in [9.17, 15) is 5.11 Å². The van der Waals surface area contributed by atoms with Gasteiger partial charge in [0.1, 0.15) is 11.5 Å². The lowest BCUT2D eigenvalue weighted by atomic mass is 9.84. The molecule has 2 heteroatoms. The van der Waals surface area contributed by atoms with Crippen LogP contribution in [0.2, 0.25) is 0 Å². The average Bonchev–Trinajstić information content (AvgIpc) is 2.66. The number of para-hydroxylation sites is 2. The van der Waals surface area contributed by atoms with Gasteiger partial charge < -0.3 is 9.84 Å². The van der Waals surface area contributed by atoms with Gasteiger partial charge in [-0.15, -0.1) is 0 Å². The lowest BCUT2D eigenvalue weighted by Gasteiger charge is -2.22. The highest BCUT2D eigenvalue weighted by Crippen LogP contribution is 2.39. The maximum Gasteiger partial charge on any atom is 0.127 e. The highest BCUT2D eigenvalue weighted by molar-refractivity contribution is 5.73. The molecule has 0 spiro atoms. The van der Waals surface area contributed by atoms with Crippen LogP contribution in [-0.4, -0.2) is 12.2 Å². The molecule has 0 aliphatic carbocycles. The number of ether oxygens (including phenoxy) is 1. The fraction of sp³-hybridized carbons (Fsp3) is 0.280. The summed E-state index contributed by atoms with van der Waals surface area (Å²) in [6, 6.07) is 22.5. The van der Waals surface area contributed by atoms with Crippen molar-refractivity contribution in [3.8, 4) is 22.6 Å². The van der Waals surface area contributed by atoms with Crippen molar-refractivity contribution in [2.24, 2.45) is 0 Å². The Hall–Kier alpha value is -2.74. The standard InChI is InChI=1S/C25H28O2/c1-17(20-12-6-7-15-23(20)27-5)18-10-8-11-19(16-18)21-13-9-14-22(24(21)26)25(2,3)4/h6-17,26H,1-5H3. The Morgan fingerprint density at radius 2 is 1.59 bits per heavy atom. The first kappa shape index (κ1) is 19.0. The second-order valence-electron chi connectivity index (χ2n) is 8.04. The van der Waals surface area contributed by atoms with Crippen LogP contribution < -0.4 is 4.74 Å². The SMILES string of the molecule is COc1ccccc1C(C)c1cccc(-c2cccc(C(C)(C)C)c2O)c1.